The van der Waals surface area contributed by atoms with Crippen molar-refractivity contribution in [1.29, 1.82) is 5.26 Å². The number of carbonyl (C=O) groups is 1. The van der Waals surface area contributed by atoms with Gasteiger partial charge < -0.3 is 15.0 Å². The van der Waals surface area contributed by atoms with E-state index < -0.39 is 11.9 Å². The fraction of sp³-hybridized carbons (Fsp3) is 0.429. The number of piperazine rings is 1. The van der Waals surface area contributed by atoms with Crippen LogP contribution < -0.4 is 10.2 Å². The van der Waals surface area contributed by atoms with Crippen molar-refractivity contribution >= 4 is 22.8 Å². The van der Waals surface area contributed by atoms with Crippen molar-refractivity contribution < 1.29 is 9.53 Å². The number of esters is 1. The van der Waals surface area contributed by atoms with Crippen LogP contribution >= 0.6 is 0 Å². The Bertz CT molecular complexity index is 1210. The van der Waals surface area contributed by atoms with Crippen LogP contribution in [0.1, 0.15) is 43.7 Å². The number of hydrogen-bond acceptors (Lipinski definition) is 7. The topological polar surface area (TPSA) is 91.1 Å². The molecule has 2 aromatic carbocycles. The van der Waals surface area contributed by atoms with Gasteiger partial charge in [0.25, 0.3) is 0 Å². The van der Waals surface area contributed by atoms with Gasteiger partial charge >= 0.3 is 5.97 Å². The third kappa shape index (κ3) is 5.28. The molecule has 1 saturated carbocycles. The van der Waals surface area contributed by atoms with E-state index >= 15 is 0 Å². The highest BCUT2D eigenvalue weighted by Crippen LogP contribution is 2.31. The van der Waals surface area contributed by atoms with E-state index in [0.717, 1.165) is 55.7 Å². The molecule has 2 aliphatic rings. The van der Waals surface area contributed by atoms with Crippen LogP contribution in [0, 0.1) is 17.2 Å². The minimum atomic E-state index is -1.10. The highest BCUT2D eigenvalue weighted by molar-refractivity contribution is 5.87. The molecule has 1 aromatic heterocycles. The molecule has 2 fully saturated rings. The number of fused-ring (bicyclic) bond motifs is 1. The first-order valence-corrected chi connectivity index (χ1v) is 12.6. The quantitative estimate of drug-likeness (QED) is 0.534. The normalized spacial score (nSPS) is 17.6. The summed E-state index contributed by atoms with van der Waals surface area (Å²) < 4.78 is 5.66. The number of rotatable bonds is 6. The largest absolute Gasteiger partial charge is 0.464 e. The van der Waals surface area contributed by atoms with Gasteiger partial charge in [-0.3, -0.25) is 4.79 Å². The van der Waals surface area contributed by atoms with Crippen molar-refractivity contribution in [1.82, 2.24) is 15.3 Å². The summed E-state index contributed by atoms with van der Waals surface area (Å²) in [5.41, 5.74) is 3.96. The zero-order valence-corrected chi connectivity index (χ0v) is 19.9. The van der Waals surface area contributed by atoms with Crippen LogP contribution in [0.3, 0.4) is 0 Å². The Morgan fingerprint density at radius 3 is 2.54 bits per heavy atom. The first kappa shape index (κ1) is 23.3. The summed E-state index contributed by atoms with van der Waals surface area (Å²) >= 11 is 0. The fourth-order valence-corrected chi connectivity index (χ4v) is 5.03. The maximum atomic E-state index is 13.1. The third-order valence-corrected chi connectivity index (χ3v) is 7.02. The number of hydrogen-bond donors (Lipinski definition) is 1. The van der Waals surface area contributed by atoms with Gasteiger partial charge in [0.15, 0.2) is 11.7 Å². The molecule has 5 rings (SSSR count). The number of carbonyl (C=O) groups excluding carboxylic acids is 1. The molecule has 1 aliphatic carbocycles. The zero-order chi connectivity index (χ0) is 24.0. The SMILES string of the molecule is N#CC(C(=O)OCC1CCCCC1)c1nc2ccc(-c3ccccc3)cc2nc1N1CCNCC1. The van der Waals surface area contributed by atoms with E-state index in [1.54, 1.807) is 0 Å². The Morgan fingerprint density at radius 1 is 1.03 bits per heavy atom. The van der Waals surface area contributed by atoms with Gasteiger partial charge in [-0.15, -0.1) is 0 Å². The van der Waals surface area contributed by atoms with E-state index in [9.17, 15) is 10.1 Å². The van der Waals surface area contributed by atoms with E-state index in [4.69, 9.17) is 14.7 Å². The molecule has 0 spiro atoms. The molecule has 7 nitrogen and oxygen atoms in total. The molecule has 1 saturated heterocycles. The lowest BCUT2D eigenvalue weighted by Gasteiger charge is -2.30. The molecular weight excluding hydrogens is 438 g/mol. The summed E-state index contributed by atoms with van der Waals surface area (Å²) in [4.78, 5) is 25.0. The lowest BCUT2D eigenvalue weighted by molar-refractivity contribution is -0.145. The molecule has 1 aliphatic heterocycles. The molecule has 3 aromatic rings. The smallest absolute Gasteiger partial charge is 0.329 e. The number of nitrogens with zero attached hydrogens (tertiary/aromatic N) is 4. The third-order valence-electron chi connectivity index (χ3n) is 7.02. The van der Waals surface area contributed by atoms with Crippen LogP contribution in [-0.4, -0.2) is 48.7 Å². The van der Waals surface area contributed by atoms with Crippen molar-refractivity contribution in [3.8, 4) is 17.2 Å². The molecule has 1 N–H and O–H groups in total. The standard InChI is InChI=1S/C28H31N5O2/c29-18-23(28(34)35-19-20-7-3-1-4-8-20)26-27(33-15-13-30-14-16-33)32-25-17-22(11-12-24(25)31-26)21-9-5-2-6-10-21/h2,5-6,9-12,17,20,23,30H,1,3-4,7-8,13-16,19H2. The van der Waals surface area contributed by atoms with Gasteiger partial charge in [0, 0.05) is 26.2 Å². The van der Waals surface area contributed by atoms with Gasteiger partial charge in [0.05, 0.1) is 23.7 Å². The fourth-order valence-electron chi connectivity index (χ4n) is 5.03. The molecule has 2 heterocycles. The van der Waals surface area contributed by atoms with Crippen LogP contribution in [0.15, 0.2) is 48.5 Å². The van der Waals surface area contributed by atoms with Crippen molar-refractivity contribution in [2.75, 3.05) is 37.7 Å². The molecule has 35 heavy (non-hydrogen) atoms. The van der Waals surface area contributed by atoms with Gasteiger partial charge in [0.2, 0.25) is 0 Å². The molecule has 0 bridgehead atoms. The van der Waals surface area contributed by atoms with Crippen LogP contribution in [0.5, 0.6) is 0 Å². The zero-order valence-electron chi connectivity index (χ0n) is 19.9. The number of nitrogens with one attached hydrogen (secondary N) is 1. The Balaban J connectivity index is 1.49. The van der Waals surface area contributed by atoms with Gasteiger partial charge in [-0.1, -0.05) is 55.7 Å². The number of benzene rings is 2. The first-order valence-electron chi connectivity index (χ1n) is 12.6. The minimum Gasteiger partial charge on any atom is -0.464 e. The summed E-state index contributed by atoms with van der Waals surface area (Å²) in [7, 11) is 0. The summed E-state index contributed by atoms with van der Waals surface area (Å²) in [5.74, 6) is -0.637. The first-order chi connectivity index (χ1) is 17.2. The molecule has 7 heteroatoms. The summed E-state index contributed by atoms with van der Waals surface area (Å²) in [6, 6.07) is 18.3. The average Bonchev–Trinajstić information content (AvgIpc) is 2.93. The van der Waals surface area contributed by atoms with Gasteiger partial charge in [-0.25, -0.2) is 9.97 Å². The monoisotopic (exact) mass is 469 g/mol. The minimum absolute atomic E-state index is 0.376. The van der Waals surface area contributed by atoms with E-state index in [0.29, 0.717) is 29.6 Å². The maximum Gasteiger partial charge on any atom is 0.329 e. The summed E-state index contributed by atoms with van der Waals surface area (Å²) in [5, 5.41) is 13.4. The maximum absolute atomic E-state index is 13.1. The van der Waals surface area contributed by atoms with Crippen molar-refractivity contribution in [2.24, 2.45) is 5.92 Å². The van der Waals surface area contributed by atoms with E-state index in [1.807, 2.05) is 36.4 Å². The molecule has 0 amide bonds. The Morgan fingerprint density at radius 2 is 1.80 bits per heavy atom. The average molecular weight is 470 g/mol. The predicted molar refractivity (Wildman–Crippen MR) is 136 cm³/mol. The molecule has 1 atom stereocenters. The van der Waals surface area contributed by atoms with Crippen LogP contribution in [0.4, 0.5) is 5.82 Å². The van der Waals surface area contributed by atoms with Gasteiger partial charge in [0.1, 0.15) is 5.69 Å². The lowest BCUT2D eigenvalue weighted by Crippen LogP contribution is -2.44. The summed E-state index contributed by atoms with van der Waals surface area (Å²) in [6.45, 7) is 3.47. The predicted octanol–water partition coefficient (Wildman–Crippen LogP) is 4.44. The molecular formula is C28H31N5O2. The Labute approximate surface area is 206 Å². The second-order valence-corrected chi connectivity index (χ2v) is 9.44. The van der Waals surface area contributed by atoms with Crippen LogP contribution in [-0.2, 0) is 9.53 Å². The lowest BCUT2D eigenvalue weighted by atomic mass is 9.90. The number of anilines is 1. The highest BCUT2D eigenvalue weighted by Gasteiger charge is 2.31. The highest BCUT2D eigenvalue weighted by atomic mass is 16.5. The van der Waals surface area contributed by atoms with Crippen LogP contribution in [0.2, 0.25) is 0 Å². The van der Waals surface area contributed by atoms with Crippen LogP contribution in [0.25, 0.3) is 22.2 Å². The van der Waals surface area contributed by atoms with Crippen molar-refractivity contribution in [2.45, 2.75) is 38.0 Å². The second-order valence-electron chi connectivity index (χ2n) is 9.44. The van der Waals surface area contributed by atoms with Crippen molar-refractivity contribution in [3.05, 3.63) is 54.2 Å². The molecule has 180 valence electrons. The molecule has 0 radical (unpaired) electrons. The van der Waals surface area contributed by atoms with E-state index in [-0.39, 0.29) is 0 Å². The van der Waals surface area contributed by atoms with E-state index in [2.05, 4.69) is 28.4 Å². The Kier molecular flexibility index (Phi) is 7.20. The summed E-state index contributed by atoms with van der Waals surface area (Å²) in [6.07, 6.45) is 5.76. The number of aromatic nitrogens is 2. The second kappa shape index (κ2) is 10.8. The molecule has 1 unspecified atom stereocenters. The van der Waals surface area contributed by atoms with Gasteiger partial charge in [-0.05, 0) is 42.0 Å². The van der Waals surface area contributed by atoms with Crippen molar-refractivity contribution in [3.63, 3.8) is 0 Å². The number of ether oxygens (including phenoxy) is 1. The Hall–Kier alpha value is -3.50. The van der Waals surface area contributed by atoms with Gasteiger partial charge in [-0.2, -0.15) is 5.26 Å². The number of nitriles is 1. The van der Waals surface area contributed by atoms with E-state index in [1.165, 1.54) is 19.3 Å².